The maximum absolute atomic E-state index is 11.8. The number of hydrogen-bond donors (Lipinski definition) is 2. The van der Waals surface area contributed by atoms with E-state index in [1.54, 1.807) is 7.05 Å². The Hall–Kier alpha value is -1.65. The third-order valence-electron chi connectivity index (χ3n) is 3.35. The molecule has 0 spiro atoms. The highest BCUT2D eigenvalue weighted by atomic mass is 16.2. The zero-order valence-electron chi connectivity index (χ0n) is 11.3. The van der Waals surface area contributed by atoms with Crippen molar-refractivity contribution in [3.8, 4) is 0 Å². The standard InChI is InChI=1S/C15H21N3O/c1-16-15(19)14-12-17-9-11-18(14)10-5-8-13-6-3-2-4-7-13/h2-8,14,17H,9-12H2,1H3,(H,16,19). The van der Waals surface area contributed by atoms with Gasteiger partial charge in [-0.1, -0.05) is 42.5 Å². The Morgan fingerprint density at radius 2 is 2.26 bits per heavy atom. The van der Waals surface area contributed by atoms with Crippen LogP contribution in [0.15, 0.2) is 36.4 Å². The van der Waals surface area contributed by atoms with Crippen LogP contribution in [0, 0.1) is 0 Å². The van der Waals surface area contributed by atoms with E-state index < -0.39 is 0 Å². The highest BCUT2D eigenvalue weighted by Gasteiger charge is 2.26. The van der Waals surface area contributed by atoms with Crippen molar-refractivity contribution in [2.45, 2.75) is 6.04 Å². The molecule has 4 nitrogen and oxygen atoms in total. The monoisotopic (exact) mass is 259 g/mol. The molecule has 2 N–H and O–H groups in total. The van der Waals surface area contributed by atoms with Crippen LogP contribution < -0.4 is 10.6 Å². The Bertz CT molecular complexity index is 430. The quantitative estimate of drug-likeness (QED) is 0.837. The molecule has 1 aromatic rings. The maximum Gasteiger partial charge on any atom is 0.238 e. The van der Waals surface area contributed by atoms with E-state index in [2.05, 4.69) is 39.8 Å². The molecule has 1 fully saturated rings. The normalized spacial score (nSPS) is 20.6. The van der Waals surface area contributed by atoms with Crippen LogP contribution >= 0.6 is 0 Å². The molecule has 0 radical (unpaired) electrons. The van der Waals surface area contributed by atoms with Gasteiger partial charge >= 0.3 is 0 Å². The lowest BCUT2D eigenvalue weighted by Gasteiger charge is -2.34. The summed E-state index contributed by atoms with van der Waals surface area (Å²) in [6.45, 7) is 3.36. The summed E-state index contributed by atoms with van der Waals surface area (Å²) in [5, 5.41) is 5.99. The van der Waals surface area contributed by atoms with E-state index in [0.717, 1.165) is 26.2 Å². The van der Waals surface area contributed by atoms with Crippen molar-refractivity contribution in [3.63, 3.8) is 0 Å². The summed E-state index contributed by atoms with van der Waals surface area (Å²) in [7, 11) is 1.69. The van der Waals surface area contributed by atoms with Crippen molar-refractivity contribution >= 4 is 12.0 Å². The number of benzene rings is 1. The first-order valence-corrected chi connectivity index (χ1v) is 6.69. The van der Waals surface area contributed by atoms with Gasteiger partial charge in [0.05, 0.1) is 0 Å². The molecular formula is C15H21N3O. The molecule has 0 aliphatic carbocycles. The molecule has 4 heteroatoms. The highest BCUT2D eigenvalue weighted by molar-refractivity contribution is 5.81. The number of likely N-dealkylation sites (N-methyl/N-ethyl adjacent to an activating group) is 1. The average Bonchev–Trinajstić information content (AvgIpc) is 2.48. The molecule has 1 saturated heterocycles. The summed E-state index contributed by atoms with van der Waals surface area (Å²) in [4.78, 5) is 14.0. The minimum Gasteiger partial charge on any atom is -0.358 e. The van der Waals surface area contributed by atoms with Gasteiger partial charge in [0, 0.05) is 33.2 Å². The van der Waals surface area contributed by atoms with Crippen molar-refractivity contribution in [1.82, 2.24) is 15.5 Å². The highest BCUT2D eigenvalue weighted by Crippen LogP contribution is 2.06. The van der Waals surface area contributed by atoms with Crippen LogP contribution in [-0.4, -0.2) is 50.1 Å². The molecular weight excluding hydrogens is 238 g/mol. The second kappa shape index (κ2) is 7.07. The Labute approximate surface area is 114 Å². The zero-order chi connectivity index (χ0) is 13.5. The molecule has 19 heavy (non-hydrogen) atoms. The first-order chi connectivity index (χ1) is 9.31. The predicted molar refractivity (Wildman–Crippen MR) is 77.8 cm³/mol. The third-order valence-corrected chi connectivity index (χ3v) is 3.35. The van der Waals surface area contributed by atoms with Crippen molar-refractivity contribution in [1.29, 1.82) is 0 Å². The van der Waals surface area contributed by atoms with Crippen LogP contribution in [0.4, 0.5) is 0 Å². The van der Waals surface area contributed by atoms with E-state index in [1.807, 2.05) is 18.2 Å². The van der Waals surface area contributed by atoms with Crippen molar-refractivity contribution in [3.05, 3.63) is 42.0 Å². The molecule has 0 bridgehead atoms. The van der Waals surface area contributed by atoms with Gasteiger partial charge in [-0.3, -0.25) is 9.69 Å². The van der Waals surface area contributed by atoms with Gasteiger partial charge in [-0.25, -0.2) is 0 Å². The SMILES string of the molecule is CNC(=O)C1CNCCN1CC=Cc1ccccc1. The smallest absolute Gasteiger partial charge is 0.238 e. The lowest BCUT2D eigenvalue weighted by Crippen LogP contribution is -2.57. The Morgan fingerprint density at radius 1 is 1.47 bits per heavy atom. The van der Waals surface area contributed by atoms with E-state index in [-0.39, 0.29) is 11.9 Å². The number of nitrogens with one attached hydrogen (secondary N) is 2. The average molecular weight is 259 g/mol. The molecule has 1 unspecified atom stereocenters. The first kappa shape index (κ1) is 13.8. The predicted octanol–water partition coefficient (Wildman–Crippen LogP) is 0.720. The Morgan fingerprint density at radius 3 is 3.00 bits per heavy atom. The Balaban J connectivity index is 1.93. The van der Waals surface area contributed by atoms with Crippen molar-refractivity contribution in [2.24, 2.45) is 0 Å². The summed E-state index contributed by atoms with van der Waals surface area (Å²) in [5.74, 6) is 0.0836. The molecule has 1 amide bonds. The largest absolute Gasteiger partial charge is 0.358 e. The number of carbonyl (C=O) groups excluding carboxylic acids is 1. The molecule has 0 saturated carbocycles. The summed E-state index contributed by atoms with van der Waals surface area (Å²) in [5.41, 5.74) is 1.19. The lowest BCUT2D eigenvalue weighted by atomic mass is 10.1. The molecule has 1 heterocycles. The van der Waals surface area contributed by atoms with Crippen LogP contribution in [0.1, 0.15) is 5.56 Å². The molecule has 0 aromatic heterocycles. The van der Waals surface area contributed by atoms with Crippen LogP contribution in [0.25, 0.3) is 6.08 Å². The van der Waals surface area contributed by atoms with Gasteiger partial charge in [-0.15, -0.1) is 0 Å². The van der Waals surface area contributed by atoms with Crippen molar-refractivity contribution in [2.75, 3.05) is 33.2 Å². The second-order valence-corrected chi connectivity index (χ2v) is 4.64. The zero-order valence-corrected chi connectivity index (χ0v) is 11.3. The summed E-state index contributed by atoms with van der Waals surface area (Å²) < 4.78 is 0. The minimum atomic E-state index is -0.0702. The maximum atomic E-state index is 11.8. The third kappa shape index (κ3) is 3.91. The van der Waals surface area contributed by atoms with E-state index in [4.69, 9.17) is 0 Å². The fraction of sp³-hybridized carbons (Fsp3) is 0.400. The number of carbonyl (C=O) groups is 1. The molecule has 1 aliphatic rings. The van der Waals surface area contributed by atoms with E-state index in [1.165, 1.54) is 5.56 Å². The topological polar surface area (TPSA) is 44.4 Å². The van der Waals surface area contributed by atoms with Gasteiger partial charge in [-0.05, 0) is 5.56 Å². The van der Waals surface area contributed by atoms with Crippen LogP contribution in [-0.2, 0) is 4.79 Å². The molecule has 1 aliphatic heterocycles. The number of hydrogen-bond acceptors (Lipinski definition) is 3. The number of piperazine rings is 1. The van der Waals surface area contributed by atoms with Crippen LogP contribution in [0.5, 0.6) is 0 Å². The van der Waals surface area contributed by atoms with Crippen LogP contribution in [0.3, 0.4) is 0 Å². The molecule has 102 valence electrons. The summed E-state index contributed by atoms with van der Waals surface area (Å²) >= 11 is 0. The fourth-order valence-corrected chi connectivity index (χ4v) is 2.28. The van der Waals surface area contributed by atoms with Crippen molar-refractivity contribution < 1.29 is 4.79 Å². The van der Waals surface area contributed by atoms with E-state index in [0.29, 0.717) is 0 Å². The van der Waals surface area contributed by atoms with Crippen LogP contribution in [0.2, 0.25) is 0 Å². The van der Waals surface area contributed by atoms with Gasteiger partial charge in [0.1, 0.15) is 6.04 Å². The summed E-state index contributed by atoms with van der Waals surface area (Å²) in [6.07, 6.45) is 4.22. The first-order valence-electron chi connectivity index (χ1n) is 6.69. The number of rotatable bonds is 4. The summed E-state index contributed by atoms with van der Waals surface area (Å²) in [6, 6.07) is 10.1. The lowest BCUT2D eigenvalue weighted by molar-refractivity contribution is -0.126. The Kier molecular flexibility index (Phi) is 5.12. The number of amides is 1. The number of nitrogens with zero attached hydrogens (tertiary/aromatic N) is 1. The van der Waals surface area contributed by atoms with Gasteiger partial charge in [0.2, 0.25) is 5.91 Å². The van der Waals surface area contributed by atoms with Gasteiger partial charge in [-0.2, -0.15) is 0 Å². The molecule has 1 aromatic carbocycles. The fourth-order valence-electron chi connectivity index (χ4n) is 2.28. The van der Waals surface area contributed by atoms with Gasteiger partial charge < -0.3 is 10.6 Å². The minimum absolute atomic E-state index is 0.0702. The molecule has 1 atom stereocenters. The van der Waals surface area contributed by atoms with E-state index >= 15 is 0 Å². The van der Waals surface area contributed by atoms with Gasteiger partial charge in [0.25, 0.3) is 0 Å². The molecule has 2 rings (SSSR count). The second-order valence-electron chi connectivity index (χ2n) is 4.64. The van der Waals surface area contributed by atoms with Gasteiger partial charge in [0.15, 0.2) is 0 Å². The van der Waals surface area contributed by atoms with E-state index in [9.17, 15) is 4.79 Å².